The maximum atomic E-state index is 12.8. The van der Waals surface area contributed by atoms with Crippen molar-refractivity contribution in [3.63, 3.8) is 0 Å². The van der Waals surface area contributed by atoms with Crippen LogP contribution in [0.3, 0.4) is 0 Å². The van der Waals surface area contributed by atoms with Gasteiger partial charge in [-0.2, -0.15) is 0 Å². The number of nitrogens with zero attached hydrogens (tertiary/aromatic N) is 2. The lowest BCUT2D eigenvalue weighted by atomic mass is 10.2. The highest BCUT2D eigenvalue weighted by Crippen LogP contribution is 2.32. The summed E-state index contributed by atoms with van der Waals surface area (Å²) in [5.41, 5.74) is 2.99. The lowest BCUT2D eigenvalue weighted by molar-refractivity contribution is -0.127. The van der Waals surface area contributed by atoms with Gasteiger partial charge < -0.3 is 15.0 Å². The third-order valence-electron chi connectivity index (χ3n) is 5.05. The van der Waals surface area contributed by atoms with Gasteiger partial charge in [0.2, 0.25) is 5.91 Å². The van der Waals surface area contributed by atoms with Gasteiger partial charge in [0.15, 0.2) is 0 Å². The first kappa shape index (κ1) is 22.1. The minimum Gasteiger partial charge on any atom is -0.478 e. The Bertz CT molecular complexity index is 1290. The minimum atomic E-state index is -1.02. The van der Waals surface area contributed by atoms with E-state index in [4.69, 9.17) is 5.11 Å². The quantitative estimate of drug-likeness (QED) is 0.534. The highest BCUT2D eigenvalue weighted by atomic mass is 32.2. The number of hydrogen-bond acceptors (Lipinski definition) is 5. The van der Waals surface area contributed by atoms with Crippen molar-refractivity contribution in [3.05, 3.63) is 88.6 Å². The predicted molar refractivity (Wildman–Crippen MR) is 125 cm³/mol. The molecular formula is C24H19N3O5S. The first-order valence-electron chi connectivity index (χ1n) is 9.95. The summed E-state index contributed by atoms with van der Waals surface area (Å²) >= 11 is 0.769. The third kappa shape index (κ3) is 4.73. The lowest BCUT2D eigenvalue weighted by Crippen LogP contribution is -2.36. The molecule has 1 saturated heterocycles. The van der Waals surface area contributed by atoms with Gasteiger partial charge in [-0.3, -0.25) is 19.3 Å². The van der Waals surface area contributed by atoms with Crippen LogP contribution in [0.2, 0.25) is 0 Å². The molecule has 4 rings (SSSR count). The van der Waals surface area contributed by atoms with Crippen molar-refractivity contribution in [1.29, 1.82) is 0 Å². The highest BCUT2D eigenvalue weighted by molar-refractivity contribution is 8.18. The van der Waals surface area contributed by atoms with Gasteiger partial charge in [0.25, 0.3) is 11.1 Å². The number of rotatable bonds is 6. The zero-order chi connectivity index (χ0) is 23.5. The van der Waals surface area contributed by atoms with Crippen LogP contribution in [-0.2, 0) is 9.59 Å². The topological polar surface area (TPSA) is 109 Å². The Kier molecular flexibility index (Phi) is 6.14. The van der Waals surface area contributed by atoms with Crippen LogP contribution in [0, 0.1) is 6.92 Å². The lowest BCUT2D eigenvalue weighted by Gasteiger charge is -2.13. The summed E-state index contributed by atoms with van der Waals surface area (Å²) in [5, 5.41) is 11.3. The summed E-state index contributed by atoms with van der Waals surface area (Å²) in [7, 11) is 0. The van der Waals surface area contributed by atoms with Crippen LogP contribution in [-0.4, -0.2) is 44.1 Å². The van der Waals surface area contributed by atoms with Crippen LogP contribution >= 0.6 is 11.8 Å². The number of para-hydroxylation sites is 1. The van der Waals surface area contributed by atoms with Crippen LogP contribution in [0.25, 0.3) is 11.8 Å². The summed E-state index contributed by atoms with van der Waals surface area (Å²) in [6.07, 6.45) is 3.34. The number of carboxylic acid groups (broad SMARTS) is 1. The second-order valence-electron chi connectivity index (χ2n) is 7.29. The van der Waals surface area contributed by atoms with Crippen LogP contribution < -0.4 is 5.32 Å². The highest BCUT2D eigenvalue weighted by Gasteiger charge is 2.36. The SMILES string of the molecule is Cc1ccccc1NC(=O)CN1C(=O)SC(=Cc2cccn2-c2ccc(C(=O)O)cc2)C1=O. The summed E-state index contributed by atoms with van der Waals surface area (Å²) in [5.74, 6) is -2.02. The molecule has 0 unspecified atom stereocenters. The molecule has 0 radical (unpaired) electrons. The van der Waals surface area contributed by atoms with Crippen molar-refractivity contribution in [2.45, 2.75) is 6.92 Å². The second-order valence-corrected chi connectivity index (χ2v) is 8.28. The monoisotopic (exact) mass is 461 g/mol. The number of amides is 3. The first-order valence-corrected chi connectivity index (χ1v) is 10.8. The van der Waals surface area contributed by atoms with Crippen LogP contribution in [0.15, 0.2) is 71.8 Å². The number of thioether (sulfide) groups is 1. The predicted octanol–water partition coefficient (Wildman–Crippen LogP) is 4.16. The molecule has 166 valence electrons. The molecule has 3 aromatic rings. The zero-order valence-electron chi connectivity index (χ0n) is 17.5. The Balaban J connectivity index is 1.51. The number of carbonyl (C=O) groups is 4. The summed E-state index contributed by atoms with van der Waals surface area (Å²) in [6, 6.07) is 17.1. The van der Waals surface area contributed by atoms with E-state index in [1.165, 1.54) is 12.1 Å². The Morgan fingerprint density at radius 2 is 1.76 bits per heavy atom. The Hall–Kier alpha value is -4.11. The Morgan fingerprint density at radius 3 is 2.45 bits per heavy atom. The van der Waals surface area contributed by atoms with Gasteiger partial charge in [-0.1, -0.05) is 18.2 Å². The molecule has 0 saturated carbocycles. The molecule has 1 aliphatic heterocycles. The van der Waals surface area contributed by atoms with Crippen molar-refractivity contribution in [2.75, 3.05) is 11.9 Å². The molecule has 2 N–H and O–H groups in total. The van der Waals surface area contributed by atoms with E-state index in [9.17, 15) is 19.2 Å². The smallest absolute Gasteiger partial charge is 0.335 e. The van der Waals surface area contributed by atoms with E-state index >= 15 is 0 Å². The molecule has 3 amide bonds. The largest absolute Gasteiger partial charge is 0.478 e. The van der Waals surface area contributed by atoms with Crippen LogP contribution in [0.4, 0.5) is 10.5 Å². The second kappa shape index (κ2) is 9.17. The van der Waals surface area contributed by atoms with E-state index in [0.717, 1.165) is 22.2 Å². The number of carbonyl (C=O) groups excluding carboxylic acids is 3. The van der Waals surface area contributed by atoms with E-state index in [2.05, 4.69) is 5.32 Å². The molecule has 2 heterocycles. The number of aromatic carboxylic acids is 1. The van der Waals surface area contributed by atoms with E-state index in [1.807, 2.05) is 19.1 Å². The van der Waals surface area contributed by atoms with Crippen LogP contribution in [0.1, 0.15) is 21.6 Å². The molecule has 9 heteroatoms. The number of hydrogen-bond donors (Lipinski definition) is 2. The molecule has 0 aliphatic carbocycles. The van der Waals surface area contributed by atoms with Gasteiger partial charge >= 0.3 is 5.97 Å². The van der Waals surface area contributed by atoms with Gasteiger partial charge in [0.05, 0.1) is 10.5 Å². The van der Waals surface area contributed by atoms with Crippen LogP contribution in [0.5, 0.6) is 0 Å². The average molecular weight is 461 g/mol. The minimum absolute atomic E-state index is 0.164. The van der Waals surface area contributed by atoms with E-state index < -0.39 is 23.0 Å². The number of benzene rings is 2. The van der Waals surface area contributed by atoms with Gasteiger partial charge in [0, 0.05) is 23.3 Å². The number of anilines is 1. The van der Waals surface area contributed by atoms with Gasteiger partial charge in [-0.25, -0.2) is 4.79 Å². The fraction of sp³-hybridized carbons (Fsp3) is 0.0833. The van der Waals surface area contributed by atoms with Gasteiger partial charge in [-0.15, -0.1) is 0 Å². The summed E-state index contributed by atoms with van der Waals surface area (Å²) in [6.45, 7) is 1.47. The molecule has 0 bridgehead atoms. The fourth-order valence-electron chi connectivity index (χ4n) is 3.33. The average Bonchev–Trinajstić information content (AvgIpc) is 3.35. The number of imide groups is 1. The maximum absolute atomic E-state index is 12.8. The normalized spacial score (nSPS) is 14.7. The third-order valence-corrected chi connectivity index (χ3v) is 5.95. The van der Waals surface area contributed by atoms with Crippen molar-refractivity contribution < 1.29 is 24.3 Å². The Labute approximate surface area is 193 Å². The van der Waals surface area contributed by atoms with Crippen molar-refractivity contribution in [3.8, 4) is 5.69 Å². The number of aryl methyl sites for hydroxylation is 1. The number of aromatic nitrogens is 1. The van der Waals surface area contributed by atoms with Crippen molar-refractivity contribution >= 4 is 46.5 Å². The number of carboxylic acids is 1. The molecule has 1 aliphatic rings. The first-order chi connectivity index (χ1) is 15.8. The van der Waals surface area contributed by atoms with E-state index in [1.54, 1.807) is 53.2 Å². The molecular weight excluding hydrogens is 442 g/mol. The van der Waals surface area contributed by atoms with Gasteiger partial charge in [-0.05, 0) is 72.8 Å². The standard InChI is InChI=1S/C24H19N3O5S/c1-15-5-2-3-7-19(15)25-21(28)14-27-22(29)20(33-24(27)32)13-18-6-4-12-26(18)17-10-8-16(9-11-17)23(30)31/h2-13H,14H2,1H3,(H,25,28)(H,30,31). The van der Waals surface area contributed by atoms with Gasteiger partial charge in [0.1, 0.15) is 6.54 Å². The number of nitrogens with one attached hydrogen (secondary N) is 1. The summed E-state index contributed by atoms with van der Waals surface area (Å²) in [4.78, 5) is 49.8. The Morgan fingerprint density at radius 1 is 1.03 bits per heavy atom. The fourth-order valence-corrected chi connectivity index (χ4v) is 4.15. The van der Waals surface area contributed by atoms with Crippen molar-refractivity contribution in [2.24, 2.45) is 0 Å². The van der Waals surface area contributed by atoms with E-state index in [-0.39, 0.29) is 17.0 Å². The molecule has 2 aromatic carbocycles. The molecule has 0 atom stereocenters. The molecule has 1 fully saturated rings. The molecule has 33 heavy (non-hydrogen) atoms. The molecule has 0 spiro atoms. The maximum Gasteiger partial charge on any atom is 0.335 e. The summed E-state index contributed by atoms with van der Waals surface area (Å²) < 4.78 is 1.77. The zero-order valence-corrected chi connectivity index (χ0v) is 18.3. The molecule has 1 aromatic heterocycles. The van der Waals surface area contributed by atoms with Crippen molar-refractivity contribution in [1.82, 2.24) is 9.47 Å². The molecule has 8 nitrogen and oxygen atoms in total. The van der Waals surface area contributed by atoms with E-state index in [0.29, 0.717) is 17.1 Å².